The third-order valence-electron chi connectivity index (χ3n) is 7.91. The quantitative estimate of drug-likeness (QED) is 0.226. The molecule has 6 nitrogen and oxygen atoms in total. The van der Waals surface area contributed by atoms with E-state index in [1.54, 1.807) is 11.8 Å². The summed E-state index contributed by atoms with van der Waals surface area (Å²) in [6.45, 7) is 2.45. The van der Waals surface area contributed by atoms with E-state index in [1.165, 1.54) is 6.08 Å². The standard InChI is InChI=1S/C33H34F3N5OS/c34-33(35,36)27-20-23(11-15-30(27)41-18-16-37-17-19-41)38-32(42)26-8-4-5-9-31(26)43-24-12-13-25-28(39-40-29(25)21-24)14-10-22-6-2-1-3-7-22/h1-10,12-14,20,24,32,37-38,42H,11,15-19,21H2,(H,39,40)/b14-10+. The zero-order chi connectivity index (χ0) is 29.8. The van der Waals surface area contributed by atoms with Crippen molar-refractivity contribution < 1.29 is 18.3 Å². The number of hydrogen-bond donors (Lipinski definition) is 4. The molecule has 1 aliphatic heterocycles. The van der Waals surface area contributed by atoms with Crippen molar-refractivity contribution in [2.45, 2.75) is 41.8 Å². The second-order valence-electron chi connectivity index (χ2n) is 10.8. The van der Waals surface area contributed by atoms with Gasteiger partial charge in [-0.05, 0) is 36.6 Å². The highest BCUT2D eigenvalue weighted by Gasteiger charge is 2.38. The van der Waals surface area contributed by atoms with Gasteiger partial charge in [0, 0.05) is 71.0 Å². The molecule has 1 aromatic heterocycles. The van der Waals surface area contributed by atoms with Crippen LogP contribution in [0.1, 0.15) is 47.1 Å². The number of hydrogen-bond acceptors (Lipinski definition) is 6. The number of fused-ring (bicyclic) bond motifs is 1. The normalized spacial score (nSPS) is 19.9. The van der Waals surface area contributed by atoms with E-state index in [0.29, 0.717) is 49.6 Å². The van der Waals surface area contributed by atoms with E-state index in [2.05, 4.69) is 33.0 Å². The smallest absolute Gasteiger partial charge is 0.372 e. The van der Waals surface area contributed by atoms with Crippen LogP contribution in [0.25, 0.3) is 18.2 Å². The van der Waals surface area contributed by atoms with Crippen LogP contribution < -0.4 is 10.6 Å². The van der Waals surface area contributed by atoms with Crippen LogP contribution in [0.15, 0.2) is 88.6 Å². The molecule has 2 aromatic carbocycles. The predicted octanol–water partition coefficient (Wildman–Crippen LogP) is 6.29. The van der Waals surface area contributed by atoms with Gasteiger partial charge in [-0.25, -0.2) is 0 Å². The van der Waals surface area contributed by atoms with Crippen molar-refractivity contribution in [2.24, 2.45) is 0 Å². The number of H-pyrrole nitrogens is 1. The zero-order valence-corrected chi connectivity index (χ0v) is 24.4. The number of halogens is 3. The third kappa shape index (κ3) is 6.92. The maximum Gasteiger partial charge on any atom is 0.418 e. The second kappa shape index (κ2) is 12.9. The molecule has 2 atom stereocenters. The number of thioether (sulfide) groups is 1. The van der Waals surface area contributed by atoms with Gasteiger partial charge in [0.25, 0.3) is 0 Å². The Morgan fingerprint density at radius 2 is 1.79 bits per heavy atom. The van der Waals surface area contributed by atoms with Crippen LogP contribution in [-0.2, 0) is 6.42 Å². The number of aromatic nitrogens is 2. The lowest BCUT2D eigenvalue weighted by molar-refractivity contribution is -0.0910. The first-order valence-corrected chi connectivity index (χ1v) is 15.4. The number of rotatable bonds is 8. The van der Waals surface area contributed by atoms with E-state index in [9.17, 15) is 18.3 Å². The topological polar surface area (TPSA) is 76.2 Å². The number of nitrogens with one attached hydrogen (secondary N) is 3. The Hall–Kier alpha value is -3.73. The lowest BCUT2D eigenvalue weighted by Gasteiger charge is -2.35. The molecule has 1 saturated heterocycles. The van der Waals surface area contributed by atoms with Crippen molar-refractivity contribution in [2.75, 3.05) is 26.2 Å². The molecule has 3 aliphatic rings. The number of benzene rings is 2. The number of aliphatic hydroxyl groups is 1. The number of aromatic amines is 1. The van der Waals surface area contributed by atoms with E-state index >= 15 is 0 Å². The highest BCUT2D eigenvalue weighted by Crippen LogP contribution is 2.39. The Bertz CT molecular complexity index is 1550. The molecule has 0 radical (unpaired) electrons. The van der Waals surface area contributed by atoms with E-state index in [-0.39, 0.29) is 11.7 Å². The molecule has 2 unspecified atom stereocenters. The largest absolute Gasteiger partial charge is 0.418 e. The van der Waals surface area contributed by atoms with E-state index in [0.717, 1.165) is 33.8 Å². The first kappa shape index (κ1) is 29.3. The fourth-order valence-corrected chi connectivity index (χ4v) is 6.94. The van der Waals surface area contributed by atoms with Gasteiger partial charge in [0.1, 0.15) is 0 Å². The monoisotopic (exact) mass is 605 g/mol. The molecule has 0 bridgehead atoms. The molecule has 0 saturated carbocycles. The highest BCUT2D eigenvalue weighted by molar-refractivity contribution is 8.00. The van der Waals surface area contributed by atoms with Gasteiger partial charge in [-0.2, -0.15) is 18.3 Å². The number of piperazine rings is 1. The molecular weight excluding hydrogens is 571 g/mol. The molecule has 0 spiro atoms. The number of allylic oxidation sites excluding steroid dienone is 4. The van der Waals surface area contributed by atoms with E-state index in [4.69, 9.17) is 0 Å². The Morgan fingerprint density at radius 1 is 1.02 bits per heavy atom. The molecule has 2 heterocycles. The summed E-state index contributed by atoms with van der Waals surface area (Å²) >= 11 is 1.61. The van der Waals surface area contributed by atoms with Crippen molar-refractivity contribution in [3.63, 3.8) is 0 Å². The van der Waals surface area contributed by atoms with Gasteiger partial charge >= 0.3 is 6.18 Å². The summed E-state index contributed by atoms with van der Waals surface area (Å²) in [5.74, 6) is 0. The lowest BCUT2D eigenvalue weighted by Crippen LogP contribution is -2.44. The fraction of sp³-hybridized carbons (Fsp3) is 0.303. The average Bonchev–Trinajstić information content (AvgIpc) is 3.43. The van der Waals surface area contributed by atoms with Crippen molar-refractivity contribution in [3.05, 3.63) is 112 Å². The number of aliphatic hydroxyl groups excluding tert-OH is 1. The van der Waals surface area contributed by atoms with Crippen LogP contribution in [0.4, 0.5) is 13.2 Å². The van der Waals surface area contributed by atoms with Crippen molar-refractivity contribution in [1.29, 1.82) is 0 Å². The van der Waals surface area contributed by atoms with Crippen LogP contribution in [-0.4, -0.2) is 57.8 Å². The minimum absolute atomic E-state index is 0.0995. The molecular formula is C33H34F3N5OS. The van der Waals surface area contributed by atoms with Crippen molar-refractivity contribution in [1.82, 2.24) is 25.7 Å². The maximum absolute atomic E-state index is 14.1. The van der Waals surface area contributed by atoms with Gasteiger partial charge in [0.2, 0.25) is 0 Å². The molecule has 1 fully saturated rings. The summed E-state index contributed by atoms with van der Waals surface area (Å²) in [6.07, 6.45) is 5.24. The summed E-state index contributed by atoms with van der Waals surface area (Å²) in [7, 11) is 0. The van der Waals surface area contributed by atoms with Gasteiger partial charge in [0.15, 0.2) is 6.23 Å². The maximum atomic E-state index is 14.1. The second-order valence-corrected chi connectivity index (χ2v) is 12.1. The Balaban J connectivity index is 1.15. The molecule has 6 rings (SSSR count). The van der Waals surface area contributed by atoms with Gasteiger partial charge in [-0.15, -0.1) is 11.8 Å². The summed E-state index contributed by atoms with van der Waals surface area (Å²) in [5, 5.41) is 25.1. The van der Waals surface area contributed by atoms with Gasteiger partial charge < -0.3 is 20.6 Å². The first-order valence-electron chi connectivity index (χ1n) is 14.5. The van der Waals surface area contributed by atoms with E-state index in [1.807, 2.05) is 71.6 Å². The lowest BCUT2D eigenvalue weighted by atomic mass is 9.98. The Labute approximate surface area is 253 Å². The molecule has 43 heavy (non-hydrogen) atoms. The fourth-order valence-electron chi connectivity index (χ4n) is 5.73. The Kier molecular flexibility index (Phi) is 8.78. The van der Waals surface area contributed by atoms with Gasteiger partial charge in [-0.1, -0.05) is 66.8 Å². The highest BCUT2D eigenvalue weighted by atomic mass is 32.2. The van der Waals surface area contributed by atoms with Gasteiger partial charge in [-0.3, -0.25) is 5.10 Å². The predicted molar refractivity (Wildman–Crippen MR) is 166 cm³/mol. The first-order chi connectivity index (χ1) is 20.8. The third-order valence-corrected chi connectivity index (χ3v) is 9.16. The van der Waals surface area contributed by atoms with Crippen molar-refractivity contribution in [3.8, 4) is 0 Å². The van der Waals surface area contributed by atoms with Gasteiger partial charge in [0.05, 0.1) is 11.3 Å². The molecule has 4 N–H and O–H groups in total. The molecule has 3 aromatic rings. The number of alkyl halides is 3. The molecule has 224 valence electrons. The minimum atomic E-state index is -4.47. The van der Waals surface area contributed by atoms with Crippen LogP contribution in [0.5, 0.6) is 0 Å². The minimum Gasteiger partial charge on any atom is -0.372 e. The molecule has 2 aliphatic carbocycles. The van der Waals surface area contributed by atoms with Crippen LogP contribution in [0.3, 0.4) is 0 Å². The summed E-state index contributed by atoms with van der Waals surface area (Å²) in [6, 6.07) is 17.6. The van der Waals surface area contributed by atoms with E-state index < -0.39 is 18.0 Å². The number of nitrogens with zero attached hydrogens (tertiary/aromatic N) is 2. The van der Waals surface area contributed by atoms with Crippen LogP contribution in [0.2, 0.25) is 0 Å². The molecule has 10 heteroatoms. The Morgan fingerprint density at radius 3 is 2.58 bits per heavy atom. The summed E-state index contributed by atoms with van der Waals surface area (Å²) < 4.78 is 42.2. The van der Waals surface area contributed by atoms with Crippen LogP contribution >= 0.6 is 11.8 Å². The van der Waals surface area contributed by atoms with Crippen LogP contribution in [0, 0.1) is 0 Å². The van der Waals surface area contributed by atoms with Crippen molar-refractivity contribution >= 4 is 30.0 Å². The zero-order valence-electron chi connectivity index (χ0n) is 23.6. The SMILES string of the molecule is OC(NC1=CC(C(F)(F)F)=C(N2CCNCC2)CC1)c1ccccc1SC1C=Cc2c(/C=C/c3ccccc3)n[nH]c2C1. The molecule has 0 amide bonds. The summed E-state index contributed by atoms with van der Waals surface area (Å²) in [4.78, 5) is 2.70. The average molecular weight is 606 g/mol. The summed E-state index contributed by atoms with van der Waals surface area (Å²) in [5.41, 5.74) is 4.82.